The summed E-state index contributed by atoms with van der Waals surface area (Å²) in [5.41, 5.74) is 10.1. The van der Waals surface area contributed by atoms with E-state index in [0.717, 1.165) is 68.2 Å². The maximum atomic E-state index is 13.7. The zero-order valence-corrected chi connectivity index (χ0v) is 23.1. The van der Waals surface area contributed by atoms with E-state index in [1.807, 2.05) is 24.3 Å². The fourth-order valence-electron chi connectivity index (χ4n) is 4.75. The lowest BCUT2D eigenvalue weighted by atomic mass is 10.1. The van der Waals surface area contributed by atoms with E-state index in [9.17, 15) is 9.90 Å². The van der Waals surface area contributed by atoms with Gasteiger partial charge in [-0.05, 0) is 47.9 Å². The highest BCUT2D eigenvalue weighted by Crippen LogP contribution is 2.37. The van der Waals surface area contributed by atoms with Crippen LogP contribution in [0.4, 0.5) is 5.69 Å². The molecule has 3 heterocycles. The smallest absolute Gasteiger partial charge is 0.270 e. The highest BCUT2D eigenvalue weighted by atomic mass is 32.1. The molecule has 36 heavy (non-hydrogen) atoms. The van der Waals surface area contributed by atoms with E-state index in [0.29, 0.717) is 6.61 Å². The van der Waals surface area contributed by atoms with Gasteiger partial charge in [-0.3, -0.25) is 9.36 Å². The minimum absolute atomic E-state index is 0.00956. The van der Waals surface area contributed by atoms with Crippen molar-refractivity contribution in [1.29, 1.82) is 0 Å². The molecule has 6 nitrogen and oxygen atoms in total. The Balaban J connectivity index is 1.61. The van der Waals surface area contributed by atoms with Crippen molar-refractivity contribution in [1.82, 2.24) is 4.57 Å². The lowest BCUT2D eigenvalue weighted by Gasteiger charge is -2.20. The average molecular weight is 522 g/mol. The molecule has 190 valence electrons. The van der Waals surface area contributed by atoms with Crippen molar-refractivity contribution in [3.8, 4) is 10.4 Å². The second-order valence-corrected chi connectivity index (χ2v) is 17.7. The summed E-state index contributed by atoms with van der Waals surface area (Å²) in [6.45, 7) is 9.72. The zero-order valence-electron chi connectivity index (χ0n) is 21.3. The first kappa shape index (κ1) is 25.2. The number of pyridine rings is 1. The van der Waals surface area contributed by atoms with E-state index in [1.165, 1.54) is 11.3 Å². The van der Waals surface area contributed by atoms with Crippen LogP contribution in [0.3, 0.4) is 0 Å². The normalized spacial score (nSPS) is 16.5. The van der Waals surface area contributed by atoms with E-state index in [4.69, 9.17) is 10.5 Å². The monoisotopic (exact) mass is 521 g/mol. The van der Waals surface area contributed by atoms with Gasteiger partial charge in [-0.2, -0.15) is 0 Å². The van der Waals surface area contributed by atoms with Crippen LogP contribution in [0.15, 0.2) is 53.3 Å². The number of anilines is 1. The van der Waals surface area contributed by atoms with Gasteiger partial charge in [-0.25, -0.2) is 0 Å². The Morgan fingerprint density at radius 2 is 1.89 bits per heavy atom. The number of hydrogen-bond donors (Lipinski definition) is 2. The molecule has 1 aliphatic heterocycles. The van der Waals surface area contributed by atoms with Gasteiger partial charge in [-0.15, -0.1) is 11.3 Å². The molecule has 8 heteroatoms. The third kappa shape index (κ3) is 5.14. The molecule has 3 N–H and O–H groups in total. The van der Waals surface area contributed by atoms with Crippen LogP contribution in [0.25, 0.3) is 31.4 Å². The number of fused-ring (bicyclic) bond motifs is 3. The number of hydrogen-bond acceptors (Lipinski definition) is 6. The molecule has 4 aromatic rings. The summed E-state index contributed by atoms with van der Waals surface area (Å²) in [5.74, 6) is 0. The molecule has 0 spiro atoms. The Morgan fingerprint density at radius 3 is 2.56 bits per heavy atom. The van der Waals surface area contributed by atoms with Crippen molar-refractivity contribution in [2.24, 2.45) is 5.73 Å². The number of aromatic nitrogens is 1. The first-order valence-corrected chi connectivity index (χ1v) is 17.1. The molecule has 0 unspecified atom stereocenters. The number of thiophene rings is 1. The van der Waals surface area contributed by atoms with Crippen molar-refractivity contribution in [3.63, 3.8) is 0 Å². The molecule has 5 rings (SSSR count). The van der Waals surface area contributed by atoms with Crippen LogP contribution >= 0.6 is 11.3 Å². The molecule has 0 amide bonds. The SMILES string of the molecule is C[Si](C)(C)CCOCn1c(=O)c2sc(-c3ccc(CO)cc3)cc2c2cc(N3CC[C@@H](N)C3)ccc21. The van der Waals surface area contributed by atoms with E-state index < -0.39 is 8.07 Å². The Kier molecular flexibility index (Phi) is 7.07. The summed E-state index contributed by atoms with van der Waals surface area (Å²) >= 11 is 1.52. The van der Waals surface area contributed by atoms with Crippen LogP contribution in [0.2, 0.25) is 25.7 Å². The third-order valence-corrected chi connectivity index (χ3v) is 9.84. The molecule has 0 aliphatic carbocycles. The van der Waals surface area contributed by atoms with Crippen LogP contribution < -0.4 is 16.2 Å². The topological polar surface area (TPSA) is 80.7 Å². The van der Waals surface area contributed by atoms with Gasteiger partial charge in [0.15, 0.2) is 0 Å². The fraction of sp³-hybridized carbons (Fsp3) is 0.393. The second kappa shape index (κ2) is 10.1. The number of rotatable bonds is 8. The first-order valence-electron chi connectivity index (χ1n) is 12.6. The molecule has 1 fully saturated rings. The highest BCUT2D eigenvalue weighted by molar-refractivity contribution is 7.22. The number of aliphatic hydroxyl groups is 1. The molecule has 2 aromatic carbocycles. The van der Waals surface area contributed by atoms with Gasteiger partial charge in [0.1, 0.15) is 11.4 Å². The summed E-state index contributed by atoms with van der Waals surface area (Å²) in [4.78, 5) is 17.1. The Bertz CT molecular complexity index is 1440. The predicted octanol–water partition coefficient (Wildman–Crippen LogP) is 5.23. The number of nitrogens with zero attached hydrogens (tertiary/aromatic N) is 2. The van der Waals surface area contributed by atoms with Crippen molar-refractivity contribution in [2.75, 3.05) is 24.6 Å². The van der Waals surface area contributed by atoms with Crippen LogP contribution in [0, 0.1) is 0 Å². The summed E-state index contributed by atoms with van der Waals surface area (Å²) in [5, 5.41) is 11.4. The molecule has 1 saturated heterocycles. The maximum absolute atomic E-state index is 13.7. The maximum Gasteiger partial charge on any atom is 0.270 e. The molecule has 2 aromatic heterocycles. The van der Waals surface area contributed by atoms with Crippen molar-refractivity contribution < 1.29 is 9.84 Å². The van der Waals surface area contributed by atoms with E-state index in [1.54, 1.807) is 4.57 Å². The van der Waals surface area contributed by atoms with Gasteiger partial charge in [0, 0.05) is 55.1 Å². The Hall–Kier alpha value is -2.49. The fourth-order valence-corrected chi connectivity index (χ4v) is 6.64. The largest absolute Gasteiger partial charge is 0.392 e. The molecule has 0 bridgehead atoms. The highest BCUT2D eigenvalue weighted by Gasteiger charge is 2.21. The van der Waals surface area contributed by atoms with E-state index in [2.05, 4.69) is 48.8 Å². The van der Waals surface area contributed by atoms with Gasteiger partial charge < -0.3 is 20.5 Å². The van der Waals surface area contributed by atoms with E-state index in [-0.39, 0.29) is 24.9 Å². The Labute approximate surface area is 216 Å². The van der Waals surface area contributed by atoms with Gasteiger partial charge in [-0.1, -0.05) is 43.9 Å². The zero-order chi connectivity index (χ0) is 25.4. The van der Waals surface area contributed by atoms with Crippen LogP contribution in [0.5, 0.6) is 0 Å². The average Bonchev–Trinajstić information content (AvgIpc) is 3.50. The molecular formula is C28H35N3O3SSi. The molecule has 1 atom stereocenters. The number of aliphatic hydroxyl groups excluding tert-OH is 1. The lowest BCUT2D eigenvalue weighted by Crippen LogP contribution is -2.26. The third-order valence-electron chi connectivity index (χ3n) is 6.96. The summed E-state index contributed by atoms with van der Waals surface area (Å²) < 4.78 is 8.58. The van der Waals surface area contributed by atoms with Crippen LogP contribution in [-0.4, -0.2) is 43.5 Å². The lowest BCUT2D eigenvalue weighted by molar-refractivity contribution is 0.0882. The minimum Gasteiger partial charge on any atom is -0.392 e. The summed E-state index contributed by atoms with van der Waals surface area (Å²) in [7, 11) is -1.22. The molecule has 0 radical (unpaired) electrons. The van der Waals surface area contributed by atoms with Crippen molar-refractivity contribution in [3.05, 3.63) is 64.4 Å². The quantitative estimate of drug-likeness (QED) is 0.245. The first-order chi connectivity index (χ1) is 17.2. The standard InChI is InChI=1S/C28H35N3O3SSi/c1-36(2,3)13-12-34-18-31-25-9-8-22(30-11-10-21(29)16-30)14-23(25)24-15-26(35-27(24)28(31)33)20-6-4-19(17-32)5-7-20/h4-9,14-15,21,32H,10-13,16-18,29H2,1-3H3/t21-/m1/s1. The van der Waals surface area contributed by atoms with Gasteiger partial charge >= 0.3 is 0 Å². The number of ether oxygens (including phenoxy) is 1. The Morgan fingerprint density at radius 1 is 1.11 bits per heavy atom. The second-order valence-electron chi connectivity index (χ2n) is 11.0. The predicted molar refractivity (Wildman–Crippen MR) is 154 cm³/mol. The molecule has 0 saturated carbocycles. The minimum atomic E-state index is -1.22. The van der Waals surface area contributed by atoms with E-state index >= 15 is 0 Å². The van der Waals surface area contributed by atoms with Gasteiger partial charge in [0.2, 0.25) is 0 Å². The van der Waals surface area contributed by atoms with Crippen LogP contribution in [-0.2, 0) is 18.1 Å². The molecular weight excluding hydrogens is 486 g/mol. The number of benzene rings is 2. The van der Waals surface area contributed by atoms with Crippen molar-refractivity contribution in [2.45, 2.75) is 51.5 Å². The summed E-state index contributed by atoms with van der Waals surface area (Å²) in [6.07, 6.45) is 0.990. The van der Waals surface area contributed by atoms with Crippen LogP contribution in [0.1, 0.15) is 12.0 Å². The van der Waals surface area contributed by atoms with Crippen molar-refractivity contribution >= 4 is 46.1 Å². The number of nitrogens with two attached hydrogens (primary N) is 1. The summed E-state index contributed by atoms with van der Waals surface area (Å²) in [6, 6.07) is 17.6. The van der Waals surface area contributed by atoms with Gasteiger partial charge in [0.05, 0.1) is 12.1 Å². The molecule has 1 aliphatic rings. The van der Waals surface area contributed by atoms with Gasteiger partial charge in [0.25, 0.3) is 5.56 Å².